The van der Waals surface area contributed by atoms with Crippen LogP contribution in [0, 0.1) is 0 Å². The quantitative estimate of drug-likeness (QED) is 0.796. The number of ether oxygens (including phenoxy) is 2. The Hall–Kier alpha value is -2.30. The van der Waals surface area contributed by atoms with Gasteiger partial charge in [-0.3, -0.25) is 0 Å². The molecule has 0 fully saturated rings. The minimum absolute atomic E-state index is 0.169. The first-order valence-electron chi connectivity index (χ1n) is 4.99. The molecule has 0 aliphatic heterocycles. The molecule has 88 valence electrons. The summed E-state index contributed by atoms with van der Waals surface area (Å²) in [4.78, 5) is 15.6. The number of rotatable bonds is 2. The topological polar surface area (TPSA) is 74.4 Å². The number of carbonyl (C=O) groups is 1. The van der Waals surface area contributed by atoms with Gasteiger partial charge >= 0.3 is 5.97 Å². The zero-order chi connectivity index (χ0) is 12.4. The maximum Gasteiger partial charge on any atom is 0.356 e. The number of pyridine rings is 1. The molecular formula is C12H12N2O3. The van der Waals surface area contributed by atoms with Crippen LogP contribution in [0.5, 0.6) is 5.75 Å². The van der Waals surface area contributed by atoms with Crippen molar-refractivity contribution in [1.29, 1.82) is 0 Å². The average Bonchev–Trinajstić information content (AvgIpc) is 2.37. The lowest BCUT2D eigenvalue weighted by Crippen LogP contribution is -2.06. The van der Waals surface area contributed by atoms with Gasteiger partial charge in [0.1, 0.15) is 11.3 Å². The summed E-state index contributed by atoms with van der Waals surface area (Å²) in [6, 6.07) is 6.89. The Morgan fingerprint density at radius 2 is 2.12 bits per heavy atom. The largest absolute Gasteiger partial charge is 0.494 e. The van der Waals surface area contributed by atoms with Crippen molar-refractivity contribution in [2.24, 2.45) is 0 Å². The summed E-state index contributed by atoms with van der Waals surface area (Å²) < 4.78 is 9.80. The van der Waals surface area contributed by atoms with Crippen LogP contribution in [0.4, 0.5) is 5.69 Å². The van der Waals surface area contributed by atoms with Crippen molar-refractivity contribution in [3.05, 3.63) is 30.0 Å². The number of carbonyl (C=O) groups excluding carboxylic acids is 1. The first-order valence-corrected chi connectivity index (χ1v) is 4.99. The second-order valence-corrected chi connectivity index (χ2v) is 3.44. The Kier molecular flexibility index (Phi) is 2.82. The van der Waals surface area contributed by atoms with Crippen LogP contribution in [0.15, 0.2) is 24.3 Å². The summed E-state index contributed by atoms with van der Waals surface area (Å²) in [6.45, 7) is 0. The molecular weight excluding hydrogens is 220 g/mol. The normalized spacial score (nSPS) is 10.2. The number of nitrogen functional groups attached to an aromatic ring is 1. The van der Waals surface area contributed by atoms with Crippen LogP contribution in [-0.4, -0.2) is 25.2 Å². The molecule has 0 unspecified atom stereocenters. The number of aromatic nitrogens is 1. The number of para-hydroxylation sites is 1. The molecule has 5 heteroatoms. The fourth-order valence-electron chi connectivity index (χ4n) is 1.62. The molecule has 0 radical (unpaired) electrons. The van der Waals surface area contributed by atoms with Crippen molar-refractivity contribution in [2.75, 3.05) is 20.0 Å². The molecule has 2 N–H and O–H groups in total. The SMILES string of the molecule is COC(=O)c1cc(N)c2cccc(OC)c2n1. The van der Waals surface area contributed by atoms with Gasteiger partial charge in [-0.2, -0.15) is 0 Å². The summed E-state index contributed by atoms with van der Waals surface area (Å²) in [5.41, 5.74) is 7.06. The highest BCUT2D eigenvalue weighted by Gasteiger charge is 2.13. The number of benzene rings is 1. The van der Waals surface area contributed by atoms with Gasteiger partial charge in [0.05, 0.1) is 14.2 Å². The van der Waals surface area contributed by atoms with Crippen LogP contribution in [-0.2, 0) is 4.74 Å². The number of anilines is 1. The summed E-state index contributed by atoms with van der Waals surface area (Å²) in [6.07, 6.45) is 0. The van der Waals surface area contributed by atoms with E-state index in [1.54, 1.807) is 6.07 Å². The molecule has 5 nitrogen and oxygen atoms in total. The second kappa shape index (κ2) is 4.29. The van der Waals surface area contributed by atoms with E-state index in [1.165, 1.54) is 20.3 Å². The molecule has 0 aliphatic rings. The Morgan fingerprint density at radius 3 is 2.76 bits per heavy atom. The van der Waals surface area contributed by atoms with E-state index in [9.17, 15) is 4.79 Å². The molecule has 0 bridgehead atoms. The molecule has 1 aromatic carbocycles. The van der Waals surface area contributed by atoms with Gasteiger partial charge in [0.15, 0.2) is 5.69 Å². The van der Waals surface area contributed by atoms with E-state index in [0.717, 1.165) is 5.39 Å². The van der Waals surface area contributed by atoms with Crippen molar-refractivity contribution in [2.45, 2.75) is 0 Å². The fourth-order valence-corrected chi connectivity index (χ4v) is 1.62. The van der Waals surface area contributed by atoms with E-state index >= 15 is 0 Å². The van der Waals surface area contributed by atoms with Crippen molar-refractivity contribution in [3.8, 4) is 5.75 Å². The van der Waals surface area contributed by atoms with Crippen LogP contribution < -0.4 is 10.5 Å². The van der Waals surface area contributed by atoms with Crippen LogP contribution >= 0.6 is 0 Å². The van der Waals surface area contributed by atoms with Crippen molar-refractivity contribution in [1.82, 2.24) is 4.98 Å². The van der Waals surface area contributed by atoms with Gasteiger partial charge in [-0.15, -0.1) is 0 Å². The Balaban J connectivity index is 2.74. The number of nitrogens with two attached hydrogens (primary N) is 1. The third-order valence-electron chi connectivity index (χ3n) is 2.45. The molecule has 0 amide bonds. The zero-order valence-electron chi connectivity index (χ0n) is 9.56. The molecule has 0 saturated carbocycles. The molecule has 0 saturated heterocycles. The van der Waals surface area contributed by atoms with Crippen LogP contribution in [0.25, 0.3) is 10.9 Å². The van der Waals surface area contributed by atoms with Gasteiger partial charge in [0.2, 0.25) is 0 Å². The average molecular weight is 232 g/mol. The Labute approximate surface area is 98.2 Å². The van der Waals surface area contributed by atoms with Crippen LogP contribution in [0.1, 0.15) is 10.5 Å². The lowest BCUT2D eigenvalue weighted by atomic mass is 10.1. The lowest BCUT2D eigenvalue weighted by molar-refractivity contribution is 0.0594. The fraction of sp³-hybridized carbons (Fsp3) is 0.167. The number of hydrogen-bond donors (Lipinski definition) is 1. The summed E-state index contributed by atoms with van der Waals surface area (Å²) in [5, 5.41) is 0.747. The highest BCUT2D eigenvalue weighted by molar-refractivity contribution is 5.99. The maximum absolute atomic E-state index is 11.4. The third-order valence-corrected chi connectivity index (χ3v) is 2.45. The molecule has 1 aromatic heterocycles. The predicted octanol–water partition coefficient (Wildman–Crippen LogP) is 1.61. The van der Waals surface area contributed by atoms with Gasteiger partial charge in [0, 0.05) is 11.1 Å². The number of esters is 1. The van der Waals surface area contributed by atoms with E-state index < -0.39 is 5.97 Å². The minimum atomic E-state index is -0.524. The predicted molar refractivity (Wildman–Crippen MR) is 64.0 cm³/mol. The molecule has 1 heterocycles. The Morgan fingerprint density at radius 1 is 1.35 bits per heavy atom. The van der Waals surface area contributed by atoms with Crippen molar-refractivity contribution in [3.63, 3.8) is 0 Å². The highest BCUT2D eigenvalue weighted by Crippen LogP contribution is 2.28. The molecule has 2 aromatic rings. The lowest BCUT2D eigenvalue weighted by Gasteiger charge is -2.08. The van der Waals surface area contributed by atoms with Crippen LogP contribution in [0.3, 0.4) is 0 Å². The molecule has 2 rings (SSSR count). The molecule has 0 aliphatic carbocycles. The Bertz CT molecular complexity index is 581. The van der Waals surface area contributed by atoms with Gasteiger partial charge in [-0.1, -0.05) is 12.1 Å². The first-order chi connectivity index (χ1) is 8.17. The number of nitrogens with zero attached hydrogens (tertiary/aromatic N) is 1. The van der Waals surface area contributed by atoms with Crippen molar-refractivity contribution < 1.29 is 14.3 Å². The van der Waals surface area contributed by atoms with Gasteiger partial charge < -0.3 is 15.2 Å². The van der Waals surface area contributed by atoms with E-state index in [0.29, 0.717) is 17.0 Å². The molecule has 17 heavy (non-hydrogen) atoms. The molecule has 0 atom stereocenters. The first kappa shape index (κ1) is 11.2. The third kappa shape index (κ3) is 1.87. The van der Waals surface area contributed by atoms with Gasteiger partial charge in [0.25, 0.3) is 0 Å². The molecule has 0 spiro atoms. The summed E-state index contributed by atoms with van der Waals surface area (Å²) in [5.74, 6) is 0.0458. The summed E-state index contributed by atoms with van der Waals surface area (Å²) >= 11 is 0. The van der Waals surface area contributed by atoms with Gasteiger partial charge in [-0.05, 0) is 12.1 Å². The smallest absolute Gasteiger partial charge is 0.356 e. The van der Waals surface area contributed by atoms with E-state index in [1.807, 2.05) is 12.1 Å². The van der Waals surface area contributed by atoms with E-state index in [4.69, 9.17) is 10.5 Å². The second-order valence-electron chi connectivity index (χ2n) is 3.44. The van der Waals surface area contributed by atoms with Gasteiger partial charge in [-0.25, -0.2) is 9.78 Å². The number of fused-ring (bicyclic) bond motifs is 1. The van der Waals surface area contributed by atoms with E-state index in [2.05, 4.69) is 9.72 Å². The minimum Gasteiger partial charge on any atom is -0.494 e. The summed E-state index contributed by atoms with van der Waals surface area (Å²) in [7, 11) is 2.84. The number of methoxy groups -OCH3 is 2. The van der Waals surface area contributed by atoms with E-state index in [-0.39, 0.29) is 5.69 Å². The maximum atomic E-state index is 11.4. The van der Waals surface area contributed by atoms with Crippen LogP contribution in [0.2, 0.25) is 0 Å². The standard InChI is InChI=1S/C12H12N2O3/c1-16-10-5-3-4-7-8(13)6-9(12(15)17-2)14-11(7)10/h3-6H,1-2H3,(H2,13,14). The highest BCUT2D eigenvalue weighted by atomic mass is 16.5. The monoisotopic (exact) mass is 232 g/mol. The number of hydrogen-bond acceptors (Lipinski definition) is 5. The zero-order valence-corrected chi connectivity index (χ0v) is 9.56. The van der Waals surface area contributed by atoms with Crippen molar-refractivity contribution >= 4 is 22.6 Å².